The molecule has 1 aliphatic heterocycles. The number of nitrogens with zero attached hydrogens (tertiary/aromatic N) is 2. The first-order valence-electron chi connectivity index (χ1n) is 8.05. The third kappa shape index (κ3) is 2.87. The molecule has 1 saturated heterocycles. The Hall–Kier alpha value is -0.410. The van der Waals surface area contributed by atoms with Gasteiger partial charge in [-0.3, -0.25) is 9.69 Å². The van der Waals surface area contributed by atoms with Crippen LogP contribution in [0.1, 0.15) is 38.5 Å². The zero-order valence-corrected chi connectivity index (χ0v) is 12.5. The Morgan fingerprint density at radius 3 is 2.68 bits per heavy atom. The molecule has 108 valence electrons. The zero-order chi connectivity index (χ0) is 13.4. The van der Waals surface area contributed by atoms with E-state index < -0.39 is 0 Å². The molecular formula is C16H28N2O. The second kappa shape index (κ2) is 5.53. The van der Waals surface area contributed by atoms with E-state index in [9.17, 15) is 4.79 Å². The Morgan fingerprint density at radius 1 is 1.16 bits per heavy atom. The van der Waals surface area contributed by atoms with Gasteiger partial charge in [0.15, 0.2) is 5.78 Å². The molecule has 4 unspecified atom stereocenters. The largest absolute Gasteiger partial charge is 0.304 e. The first-order valence-corrected chi connectivity index (χ1v) is 8.05. The molecule has 0 N–H and O–H groups in total. The van der Waals surface area contributed by atoms with Crippen LogP contribution in [0.4, 0.5) is 0 Å². The van der Waals surface area contributed by atoms with Gasteiger partial charge in [-0.15, -0.1) is 0 Å². The van der Waals surface area contributed by atoms with Crippen LogP contribution in [0.25, 0.3) is 0 Å². The summed E-state index contributed by atoms with van der Waals surface area (Å²) in [6, 6.07) is 0.145. The van der Waals surface area contributed by atoms with Gasteiger partial charge in [-0.25, -0.2) is 0 Å². The van der Waals surface area contributed by atoms with Crippen molar-refractivity contribution >= 4 is 5.78 Å². The van der Waals surface area contributed by atoms with Gasteiger partial charge in [-0.2, -0.15) is 0 Å². The molecule has 0 radical (unpaired) electrons. The molecule has 2 bridgehead atoms. The molecule has 4 atom stereocenters. The molecule has 0 aromatic rings. The highest BCUT2D eigenvalue weighted by Crippen LogP contribution is 2.49. The average Bonchev–Trinajstić information content (AvgIpc) is 2.93. The third-order valence-electron chi connectivity index (χ3n) is 5.79. The summed E-state index contributed by atoms with van der Waals surface area (Å²) in [5.74, 6) is 3.06. The Morgan fingerprint density at radius 2 is 2.00 bits per heavy atom. The van der Waals surface area contributed by atoms with Crippen LogP contribution in [-0.4, -0.2) is 55.4 Å². The lowest BCUT2D eigenvalue weighted by atomic mass is 9.84. The highest BCUT2D eigenvalue weighted by atomic mass is 16.1. The number of ketones is 1. The molecule has 0 aromatic heterocycles. The average molecular weight is 264 g/mol. The maximum Gasteiger partial charge on any atom is 0.151 e. The van der Waals surface area contributed by atoms with Gasteiger partial charge in [-0.1, -0.05) is 6.42 Å². The standard InChI is InChI=1S/C16H28N2O/c1-17-6-3-7-18(2)15(11-17)16(19)10-14-9-12-4-5-13(14)8-12/h12-15H,3-11H2,1-2H3. The molecule has 3 fully saturated rings. The SMILES string of the molecule is CN1CCCN(C)C(C(=O)CC2CC3CCC2C3)C1. The zero-order valence-electron chi connectivity index (χ0n) is 12.5. The minimum absolute atomic E-state index is 0.145. The van der Waals surface area contributed by atoms with Crippen LogP contribution in [0.5, 0.6) is 0 Å². The summed E-state index contributed by atoms with van der Waals surface area (Å²) < 4.78 is 0. The molecule has 3 rings (SSSR count). The van der Waals surface area contributed by atoms with Gasteiger partial charge < -0.3 is 4.90 Å². The lowest BCUT2D eigenvalue weighted by molar-refractivity contribution is -0.125. The highest BCUT2D eigenvalue weighted by Gasteiger charge is 2.41. The van der Waals surface area contributed by atoms with E-state index in [1.54, 1.807) is 0 Å². The van der Waals surface area contributed by atoms with Gasteiger partial charge in [0.2, 0.25) is 0 Å². The summed E-state index contributed by atoms with van der Waals surface area (Å²) in [4.78, 5) is 17.3. The minimum Gasteiger partial charge on any atom is -0.304 e. The monoisotopic (exact) mass is 264 g/mol. The Balaban J connectivity index is 1.59. The summed E-state index contributed by atoms with van der Waals surface area (Å²) in [6.45, 7) is 3.12. The number of likely N-dealkylation sites (N-methyl/N-ethyl adjacent to an activating group) is 2. The molecule has 1 heterocycles. The lowest BCUT2D eigenvalue weighted by Crippen LogP contribution is -2.44. The van der Waals surface area contributed by atoms with E-state index in [1.165, 1.54) is 32.1 Å². The fourth-order valence-electron chi connectivity index (χ4n) is 4.64. The van der Waals surface area contributed by atoms with Crippen molar-refractivity contribution in [2.24, 2.45) is 17.8 Å². The van der Waals surface area contributed by atoms with Crippen molar-refractivity contribution in [3.05, 3.63) is 0 Å². The van der Waals surface area contributed by atoms with Gasteiger partial charge in [-0.05, 0) is 70.6 Å². The molecule has 3 heteroatoms. The summed E-state index contributed by atoms with van der Waals surface area (Å²) >= 11 is 0. The molecule has 3 aliphatic rings. The van der Waals surface area contributed by atoms with Crippen LogP contribution in [0.15, 0.2) is 0 Å². The van der Waals surface area contributed by atoms with Gasteiger partial charge in [0, 0.05) is 13.0 Å². The fraction of sp³-hybridized carbons (Fsp3) is 0.938. The van der Waals surface area contributed by atoms with Crippen molar-refractivity contribution in [2.45, 2.75) is 44.6 Å². The van der Waals surface area contributed by atoms with Crippen LogP contribution < -0.4 is 0 Å². The van der Waals surface area contributed by atoms with Crippen LogP contribution in [0.3, 0.4) is 0 Å². The van der Waals surface area contributed by atoms with Crippen molar-refractivity contribution in [1.82, 2.24) is 9.80 Å². The van der Waals surface area contributed by atoms with E-state index in [2.05, 4.69) is 23.9 Å². The molecule has 0 amide bonds. The Kier molecular flexibility index (Phi) is 3.95. The number of rotatable bonds is 3. The Labute approximate surface area is 117 Å². The number of carbonyl (C=O) groups excluding carboxylic acids is 1. The van der Waals surface area contributed by atoms with Crippen LogP contribution in [-0.2, 0) is 4.79 Å². The molecule has 0 spiro atoms. The molecule has 0 aromatic carbocycles. The second-order valence-electron chi connectivity index (χ2n) is 7.22. The molecule has 19 heavy (non-hydrogen) atoms. The maximum atomic E-state index is 12.7. The topological polar surface area (TPSA) is 23.6 Å². The van der Waals surface area contributed by atoms with E-state index in [4.69, 9.17) is 0 Å². The van der Waals surface area contributed by atoms with Crippen LogP contribution in [0, 0.1) is 17.8 Å². The van der Waals surface area contributed by atoms with E-state index in [1.807, 2.05) is 0 Å². The van der Waals surface area contributed by atoms with Gasteiger partial charge in [0.25, 0.3) is 0 Å². The van der Waals surface area contributed by atoms with Crippen molar-refractivity contribution in [2.75, 3.05) is 33.7 Å². The summed E-state index contributed by atoms with van der Waals surface area (Å²) in [7, 11) is 4.28. The maximum absolute atomic E-state index is 12.7. The molecule has 3 nitrogen and oxygen atoms in total. The van der Waals surface area contributed by atoms with E-state index >= 15 is 0 Å². The number of fused-ring (bicyclic) bond motifs is 2. The highest BCUT2D eigenvalue weighted by molar-refractivity contribution is 5.84. The van der Waals surface area contributed by atoms with Gasteiger partial charge in [0.1, 0.15) is 0 Å². The predicted molar refractivity (Wildman–Crippen MR) is 77.1 cm³/mol. The number of Topliss-reactive ketones (excluding diaryl/α,β-unsaturated/α-hetero) is 1. The van der Waals surface area contributed by atoms with Gasteiger partial charge in [0.05, 0.1) is 6.04 Å². The van der Waals surface area contributed by atoms with E-state index in [0.29, 0.717) is 11.7 Å². The van der Waals surface area contributed by atoms with Gasteiger partial charge >= 0.3 is 0 Å². The normalized spacial score (nSPS) is 40.5. The quantitative estimate of drug-likeness (QED) is 0.779. The lowest BCUT2D eigenvalue weighted by Gasteiger charge is -2.29. The molecular weight excluding hydrogens is 236 g/mol. The van der Waals surface area contributed by atoms with Crippen LogP contribution in [0.2, 0.25) is 0 Å². The number of carbonyl (C=O) groups is 1. The van der Waals surface area contributed by atoms with Crippen molar-refractivity contribution < 1.29 is 4.79 Å². The number of hydrogen-bond donors (Lipinski definition) is 0. The van der Waals surface area contributed by atoms with Crippen LogP contribution >= 0.6 is 0 Å². The van der Waals surface area contributed by atoms with Crippen molar-refractivity contribution in [3.63, 3.8) is 0 Å². The van der Waals surface area contributed by atoms with Crippen molar-refractivity contribution in [1.29, 1.82) is 0 Å². The second-order valence-corrected chi connectivity index (χ2v) is 7.22. The third-order valence-corrected chi connectivity index (χ3v) is 5.79. The first kappa shape index (κ1) is 13.6. The Bertz CT molecular complexity index is 344. The fourth-order valence-corrected chi connectivity index (χ4v) is 4.64. The predicted octanol–water partition coefficient (Wildman–Crippen LogP) is 2.02. The summed E-state index contributed by atoms with van der Waals surface area (Å²) in [6.07, 6.45) is 7.61. The smallest absolute Gasteiger partial charge is 0.151 e. The molecule has 2 saturated carbocycles. The van der Waals surface area contributed by atoms with E-state index in [0.717, 1.165) is 37.9 Å². The first-order chi connectivity index (χ1) is 9.13. The number of hydrogen-bond acceptors (Lipinski definition) is 3. The minimum atomic E-state index is 0.145. The molecule has 2 aliphatic carbocycles. The van der Waals surface area contributed by atoms with E-state index in [-0.39, 0.29) is 6.04 Å². The summed E-state index contributed by atoms with van der Waals surface area (Å²) in [5, 5.41) is 0. The summed E-state index contributed by atoms with van der Waals surface area (Å²) in [5.41, 5.74) is 0. The van der Waals surface area contributed by atoms with Crippen molar-refractivity contribution in [3.8, 4) is 0 Å².